The van der Waals surface area contributed by atoms with Gasteiger partial charge in [0.1, 0.15) is 5.78 Å². The lowest BCUT2D eigenvalue weighted by Crippen LogP contribution is -2.16. The van der Waals surface area contributed by atoms with Gasteiger partial charge >= 0.3 is 5.97 Å². The van der Waals surface area contributed by atoms with Gasteiger partial charge in [-0.25, -0.2) is 0 Å². The molecule has 1 fully saturated rings. The lowest BCUT2D eigenvalue weighted by molar-refractivity contribution is -0.140. The fourth-order valence-corrected chi connectivity index (χ4v) is 1.13. The maximum absolute atomic E-state index is 11.2. The van der Waals surface area contributed by atoms with E-state index in [4.69, 9.17) is 5.11 Å². The molecule has 3 heteroatoms. The number of carbonyl (C=O) groups is 2. The number of carboxylic acids is 1. The average Bonchev–Trinajstić information content (AvgIpc) is 2.65. The second-order valence-corrected chi connectivity index (χ2v) is 3.18. The molecule has 0 radical (unpaired) electrons. The van der Waals surface area contributed by atoms with Crippen LogP contribution in [-0.4, -0.2) is 16.9 Å². The van der Waals surface area contributed by atoms with Crippen molar-refractivity contribution in [1.29, 1.82) is 0 Å². The van der Waals surface area contributed by atoms with Crippen molar-refractivity contribution in [2.24, 2.45) is 11.8 Å². The zero-order valence-corrected chi connectivity index (χ0v) is 6.54. The quantitative estimate of drug-likeness (QED) is 0.662. The molecule has 0 saturated heterocycles. The predicted molar refractivity (Wildman–Crippen MR) is 39.1 cm³/mol. The predicted octanol–water partition coefficient (Wildman–Crippen LogP) is 1.08. The van der Waals surface area contributed by atoms with Crippen LogP contribution in [0.1, 0.15) is 26.2 Å². The first-order valence-corrected chi connectivity index (χ1v) is 3.86. The summed E-state index contributed by atoms with van der Waals surface area (Å²) in [6, 6.07) is 0. The summed E-state index contributed by atoms with van der Waals surface area (Å²) in [7, 11) is 0. The van der Waals surface area contributed by atoms with E-state index in [1.165, 1.54) is 0 Å². The van der Waals surface area contributed by atoms with Gasteiger partial charge < -0.3 is 5.11 Å². The van der Waals surface area contributed by atoms with Crippen molar-refractivity contribution in [2.75, 3.05) is 0 Å². The van der Waals surface area contributed by atoms with E-state index in [-0.39, 0.29) is 24.0 Å². The zero-order valence-electron chi connectivity index (χ0n) is 6.54. The van der Waals surface area contributed by atoms with E-state index < -0.39 is 5.97 Å². The Morgan fingerprint density at radius 1 is 1.55 bits per heavy atom. The van der Waals surface area contributed by atoms with E-state index in [2.05, 4.69) is 0 Å². The van der Waals surface area contributed by atoms with Crippen molar-refractivity contribution < 1.29 is 14.7 Å². The van der Waals surface area contributed by atoms with Crippen LogP contribution < -0.4 is 0 Å². The summed E-state index contributed by atoms with van der Waals surface area (Å²) >= 11 is 0. The minimum Gasteiger partial charge on any atom is -0.481 e. The molecule has 1 saturated carbocycles. The molecule has 1 aliphatic carbocycles. The van der Waals surface area contributed by atoms with Crippen LogP contribution in [0.4, 0.5) is 0 Å². The summed E-state index contributed by atoms with van der Waals surface area (Å²) in [6.45, 7) is 1.69. The Hall–Kier alpha value is -0.860. The Bertz CT molecular complexity index is 182. The summed E-state index contributed by atoms with van der Waals surface area (Å²) < 4.78 is 0. The third kappa shape index (κ3) is 2.33. The van der Waals surface area contributed by atoms with Crippen LogP contribution in [-0.2, 0) is 9.59 Å². The highest BCUT2D eigenvalue weighted by Crippen LogP contribution is 2.32. The Labute approximate surface area is 65.4 Å². The fourth-order valence-electron chi connectivity index (χ4n) is 1.13. The molecule has 1 aliphatic rings. The SMILES string of the molecule is CC(CC(=O)O)C(=O)C1CC1. The van der Waals surface area contributed by atoms with Gasteiger partial charge in [-0.3, -0.25) is 9.59 Å². The summed E-state index contributed by atoms with van der Waals surface area (Å²) in [5.74, 6) is -0.858. The molecule has 1 rings (SSSR count). The molecule has 0 aromatic rings. The van der Waals surface area contributed by atoms with Crippen LogP contribution in [0.15, 0.2) is 0 Å². The van der Waals surface area contributed by atoms with E-state index in [0.717, 1.165) is 12.8 Å². The lowest BCUT2D eigenvalue weighted by atomic mass is 9.99. The van der Waals surface area contributed by atoms with Gasteiger partial charge in [0.2, 0.25) is 0 Å². The van der Waals surface area contributed by atoms with Crippen LogP contribution in [0.25, 0.3) is 0 Å². The molecular formula is C8H12O3. The van der Waals surface area contributed by atoms with E-state index in [9.17, 15) is 9.59 Å². The first kappa shape index (κ1) is 8.24. The number of carbonyl (C=O) groups excluding carboxylic acids is 1. The summed E-state index contributed by atoms with van der Waals surface area (Å²) in [5.41, 5.74) is 0. The molecule has 0 bridgehead atoms. The molecule has 0 spiro atoms. The summed E-state index contributed by atoms with van der Waals surface area (Å²) in [4.78, 5) is 21.4. The maximum Gasteiger partial charge on any atom is 0.304 e. The van der Waals surface area contributed by atoms with Gasteiger partial charge in [0.25, 0.3) is 0 Å². The third-order valence-electron chi connectivity index (χ3n) is 1.95. The van der Waals surface area contributed by atoms with Crippen LogP contribution in [0.5, 0.6) is 0 Å². The first-order valence-electron chi connectivity index (χ1n) is 3.86. The standard InChI is InChI=1S/C8H12O3/c1-5(4-7(9)10)8(11)6-2-3-6/h5-6H,2-4H2,1H3,(H,9,10). The number of Topliss-reactive ketones (excluding diaryl/α,β-unsaturated/α-hetero) is 1. The van der Waals surface area contributed by atoms with E-state index in [1.54, 1.807) is 6.92 Å². The van der Waals surface area contributed by atoms with E-state index in [0.29, 0.717) is 0 Å². The first-order chi connectivity index (χ1) is 5.11. The number of rotatable bonds is 4. The average molecular weight is 156 g/mol. The molecule has 0 heterocycles. The van der Waals surface area contributed by atoms with Crippen LogP contribution in [0, 0.1) is 11.8 Å². The van der Waals surface area contributed by atoms with Crippen LogP contribution >= 0.6 is 0 Å². The number of carboxylic acid groups (broad SMARTS) is 1. The molecule has 0 aromatic carbocycles. The topological polar surface area (TPSA) is 54.4 Å². The van der Waals surface area contributed by atoms with Crippen LogP contribution in [0.2, 0.25) is 0 Å². The van der Waals surface area contributed by atoms with Crippen molar-refractivity contribution in [2.45, 2.75) is 26.2 Å². The van der Waals surface area contributed by atoms with E-state index >= 15 is 0 Å². The van der Waals surface area contributed by atoms with Gasteiger partial charge in [0, 0.05) is 11.8 Å². The molecule has 0 amide bonds. The lowest BCUT2D eigenvalue weighted by Gasteiger charge is -2.04. The molecule has 1 unspecified atom stereocenters. The smallest absolute Gasteiger partial charge is 0.304 e. The Balaban J connectivity index is 2.33. The molecule has 62 valence electrons. The van der Waals surface area contributed by atoms with Crippen molar-refractivity contribution >= 4 is 11.8 Å². The van der Waals surface area contributed by atoms with Crippen molar-refractivity contribution in [3.05, 3.63) is 0 Å². The summed E-state index contributed by atoms with van der Waals surface area (Å²) in [5, 5.41) is 8.38. The maximum atomic E-state index is 11.2. The monoisotopic (exact) mass is 156 g/mol. The Morgan fingerprint density at radius 2 is 2.09 bits per heavy atom. The van der Waals surface area contributed by atoms with Gasteiger partial charge in [-0.2, -0.15) is 0 Å². The fraction of sp³-hybridized carbons (Fsp3) is 0.750. The number of aliphatic carboxylic acids is 1. The van der Waals surface area contributed by atoms with Crippen molar-refractivity contribution in [3.63, 3.8) is 0 Å². The zero-order chi connectivity index (χ0) is 8.43. The summed E-state index contributed by atoms with van der Waals surface area (Å²) in [6.07, 6.45) is 1.90. The Morgan fingerprint density at radius 3 is 2.45 bits per heavy atom. The van der Waals surface area contributed by atoms with Crippen molar-refractivity contribution in [1.82, 2.24) is 0 Å². The van der Waals surface area contributed by atoms with Gasteiger partial charge in [-0.1, -0.05) is 6.92 Å². The second-order valence-electron chi connectivity index (χ2n) is 3.18. The highest BCUT2D eigenvalue weighted by molar-refractivity contribution is 5.88. The minimum absolute atomic E-state index is 0.0185. The minimum atomic E-state index is -0.883. The number of ketones is 1. The molecular weight excluding hydrogens is 144 g/mol. The molecule has 1 atom stereocenters. The van der Waals surface area contributed by atoms with Gasteiger partial charge in [-0.05, 0) is 12.8 Å². The van der Waals surface area contributed by atoms with Gasteiger partial charge in [0.05, 0.1) is 6.42 Å². The van der Waals surface area contributed by atoms with Crippen molar-refractivity contribution in [3.8, 4) is 0 Å². The normalized spacial score (nSPS) is 19.4. The number of hydrogen-bond donors (Lipinski definition) is 1. The molecule has 0 aliphatic heterocycles. The van der Waals surface area contributed by atoms with Gasteiger partial charge in [0.15, 0.2) is 0 Å². The molecule has 3 nitrogen and oxygen atoms in total. The molecule has 0 aromatic heterocycles. The van der Waals surface area contributed by atoms with Gasteiger partial charge in [-0.15, -0.1) is 0 Å². The Kier molecular flexibility index (Phi) is 2.27. The second kappa shape index (κ2) is 3.03. The molecule has 11 heavy (non-hydrogen) atoms. The largest absolute Gasteiger partial charge is 0.481 e. The highest BCUT2D eigenvalue weighted by atomic mass is 16.4. The van der Waals surface area contributed by atoms with Crippen LogP contribution in [0.3, 0.4) is 0 Å². The highest BCUT2D eigenvalue weighted by Gasteiger charge is 2.33. The third-order valence-corrected chi connectivity index (χ3v) is 1.95. The van der Waals surface area contributed by atoms with E-state index in [1.807, 2.05) is 0 Å². The number of hydrogen-bond acceptors (Lipinski definition) is 2. The molecule has 1 N–H and O–H groups in total.